The summed E-state index contributed by atoms with van der Waals surface area (Å²) in [7, 11) is -3.64. The van der Waals surface area contributed by atoms with Gasteiger partial charge in [-0.3, -0.25) is 5.10 Å². The van der Waals surface area contributed by atoms with Crippen LogP contribution in [0, 0.1) is 6.92 Å². The summed E-state index contributed by atoms with van der Waals surface area (Å²) in [6.45, 7) is 1.99. The van der Waals surface area contributed by atoms with Crippen molar-refractivity contribution in [2.24, 2.45) is 0 Å². The highest BCUT2D eigenvalue weighted by molar-refractivity contribution is 7.89. The molecule has 4 N–H and O–H groups in total. The largest absolute Gasteiger partial charge is 0.383 e. The Morgan fingerprint density at radius 3 is 2.88 bits per heavy atom. The van der Waals surface area contributed by atoms with Crippen molar-refractivity contribution >= 4 is 27.2 Å². The molecule has 0 unspecified atom stereocenters. The van der Waals surface area contributed by atoms with Crippen LogP contribution in [-0.4, -0.2) is 23.6 Å². The SMILES string of the molecule is Cc1csc(CNS(=O)(=O)c2cn[nH]c2N)n1. The van der Waals surface area contributed by atoms with Gasteiger partial charge >= 0.3 is 0 Å². The Kier molecular flexibility index (Phi) is 3.13. The van der Waals surface area contributed by atoms with Crippen molar-refractivity contribution in [2.45, 2.75) is 18.4 Å². The minimum Gasteiger partial charge on any atom is -0.383 e. The zero-order chi connectivity index (χ0) is 12.5. The van der Waals surface area contributed by atoms with Crippen LogP contribution in [0.5, 0.6) is 0 Å². The van der Waals surface area contributed by atoms with Gasteiger partial charge in [-0.15, -0.1) is 11.3 Å². The Bertz CT molecular complexity index is 615. The predicted octanol–water partition coefficient (Wildman–Crippen LogP) is 0.235. The van der Waals surface area contributed by atoms with Gasteiger partial charge in [-0.1, -0.05) is 0 Å². The van der Waals surface area contributed by atoms with Gasteiger partial charge in [0.2, 0.25) is 10.0 Å². The lowest BCUT2D eigenvalue weighted by molar-refractivity contribution is 0.581. The number of hydrogen-bond donors (Lipinski definition) is 3. The Morgan fingerprint density at radius 1 is 1.59 bits per heavy atom. The van der Waals surface area contributed by atoms with Gasteiger partial charge in [-0.05, 0) is 6.92 Å². The summed E-state index contributed by atoms with van der Waals surface area (Å²) in [6.07, 6.45) is 1.17. The first-order valence-electron chi connectivity index (χ1n) is 4.68. The number of rotatable bonds is 4. The molecule has 0 atom stereocenters. The Balaban J connectivity index is 2.11. The normalized spacial score (nSPS) is 11.8. The molecule has 2 aromatic rings. The van der Waals surface area contributed by atoms with E-state index in [4.69, 9.17) is 5.73 Å². The minimum atomic E-state index is -3.64. The van der Waals surface area contributed by atoms with Crippen LogP contribution in [0.25, 0.3) is 0 Å². The standard InChI is InChI=1S/C8H11N5O2S2/c1-5-4-16-7(12-5)3-11-17(14,15)6-2-10-13-8(6)9/h2,4,11H,3H2,1H3,(H3,9,10,13). The van der Waals surface area contributed by atoms with Crippen molar-refractivity contribution in [3.05, 3.63) is 22.3 Å². The van der Waals surface area contributed by atoms with Crippen LogP contribution in [0.1, 0.15) is 10.7 Å². The Morgan fingerprint density at radius 2 is 2.35 bits per heavy atom. The van der Waals surface area contributed by atoms with E-state index < -0.39 is 10.0 Å². The number of aromatic amines is 1. The zero-order valence-corrected chi connectivity index (χ0v) is 10.6. The van der Waals surface area contributed by atoms with Crippen LogP contribution >= 0.6 is 11.3 Å². The lowest BCUT2D eigenvalue weighted by atomic mass is 10.6. The van der Waals surface area contributed by atoms with E-state index in [0.29, 0.717) is 5.01 Å². The molecule has 0 fully saturated rings. The average Bonchev–Trinajstić information content (AvgIpc) is 2.85. The molecule has 7 nitrogen and oxygen atoms in total. The van der Waals surface area contributed by atoms with Gasteiger partial charge in [0.05, 0.1) is 12.7 Å². The molecule has 0 aliphatic carbocycles. The maximum atomic E-state index is 11.8. The second kappa shape index (κ2) is 4.43. The van der Waals surface area contributed by atoms with Gasteiger partial charge in [0.25, 0.3) is 0 Å². The van der Waals surface area contributed by atoms with E-state index in [-0.39, 0.29) is 17.3 Å². The summed E-state index contributed by atoms with van der Waals surface area (Å²) in [5.74, 6) is 0.0211. The van der Waals surface area contributed by atoms with Gasteiger partial charge in [0, 0.05) is 11.1 Å². The number of aromatic nitrogens is 3. The fourth-order valence-corrected chi connectivity index (χ4v) is 3.03. The molecular weight excluding hydrogens is 262 g/mol. The van der Waals surface area contributed by atoms with Crippen LogP contribution in [0.4, 0.5) is 5.82 Å². The number of aryl methyl sites for hydroxylation is 1. The zero-order valence-electron chi connectivity index (χ0n) is 8.97. The molecule has 0 saturated heterocycles. The maximum Gasteiger partial charge on any atom is 0.246 e. The van der Waals surface area contributed by atoms with Crippen molar-refractivity contribution in [3.8, 4) is 0 Å². The molecule has 2 heterocycles. The van der Waals surface area contributed by atoms with Crippen LogP contribution in [0.2, 0.25) is 0 Å². The van der Waals surface area contributed by atoms with E-state index in [0.717, 1.165) is 5.69 Å². The smallest absolute Gasteiger partial charge is 0.246 e. The van der Waals surface area contributed by atoms with Crippen LogP contribution < -0.4 is 10.5 Å². The number of thiazole rings is 1. The molecule has 0 saturated carbocycles. The molecule has 92 valence electrons. The van der Waals surface area contributed by atoms with E-state index in [9.17, 15) is 8.42 Å². The average molecular weight is 273 g/mol. The molecule has 0 aliphatic rings. The maximum absolute atomic E-state index is 11.8. The fraction of sp³-hybridized carbons (Fsp3) is 0.250. The van der Waals surface area contributed by atoms with E-state index in [2.05, 4.69) is 19.9 Å². The molecule has 9 heteroatoms. The molecule has 2 aromatic heterocycles. The van der Waals surface area contributed by atoms with E-state index in [1.54, 1.807) is 0 Å². The van der Waals surface area contributed by atoms with Gasteiger partial charge in [0.15, 0.2) is 0 Å². The fourth-order valence-electron chi connectivity index (χ4n) is 1.22. The molecule has 0 aliphatic heterocycles. The lowest BCUT2D eigenvalue weighted by Gasteiger charge is -2.03. The Labute approximate surface area is 102 Å². The number of nitrogens with one attached hydrogen (secondary N) is 2. The van der Waals surface area contributed by atoms with Gasteiger partial charge < -0.3 is 5.73 Å². The van der Waals surface area contributed by atoms with Gasteiger partial charge in [-0.2, -0.15) is 5.10 Å². The highest BCUT2D eigenvalue weighted by atomic mass is 32.2. The highest BCUT2D eigenvalue weighted by Gasteiger charge is 2.19. The molecule has 0 spiro atoms. The summed E-state index contributed by atoms with van der Waals surface area (Å²) in [6, 6.07) is 0. The minimum absolute atomic E-state index is 0.0211. The van der Waals surface area contributed by atoms with Gasteiger partial charge in [0.1, 0.15) is 15.7 Å². The molecular formula is C8H11N5O2S2. The van der Waals surface area contributed by atoms with Crippen molar-refractivity contribution in [1.82, 2.24) is 19.9 Å². The molecule has 0 bridgehead atoms. The second-order valence-corrected chi connectivity index (χ2v) is 6.03. The van der Waals surface area contributed by atoms with Crippen molar-refractivity contribution in [3.63, 3.8) is 0 Å². The van der Waals surface area contributed by atoms with Crippen molar-refractivity contribution in [2.75, 3.05) is 5.73 Å². The van der Waals surface area contributed by atoms with Crippen LogP contribution in [-0.2, 0) is 16.6 Å². The summed E-state index contributed by atoms with van der Waals surface area (Å²) >= 11 is 1.40. The summed E-state index contributed by atoms with van der Waals surface area (Å²) in [5.41, 5.74) is 6.32. The molecule has 2 rings (SSSR count). The topological polar surface area (TPSA) is 114 Å². The molecule has 0 radical (unpaired) electrons. The lowest BCUT2D eigenvalue weighted by Crippen LogP contribution is -2.23. The monoisotopic (exact) mass is 273 g/mol. The third-order valence-electron chi connectivity index (χ3n) is 2.00. The summed E-state index contributed by atoms with van der Waals surface area (Å²) in [4.78, 5) is 4.10. The first kappa shape index (κ1) is 12.0. The van der Waals surface area contributed by atoms with Crippen molar-refractivity contribution < 1.29 is 8.42 Å². The number of nitrogens with zero attached hydrogens (tertiary/aromatic N) is 2. The number of H-pyrrole nitrogens is 1. The quantitative estimate of drug-likeness (QED) is 0.738. The number of sulfonamides is 1. The third kappa shape index (κ3) is 2.62. The first-order chi connectivity index (χ1) is 7.99. The molecule has 17 heavy (non-hydrogen) atoms. The third-order valence-corrected chi connectivity index (χ3v) is 4.40. The highest BCUT2D eigenvalue weighted by Crippen LogP contribution is 2.15. The number of nitrogen functional groups attached to an aromatic ring is 1. The summed E-state index contributed by atoms with van der Waals surface area (Å²) in [5, 5.41) is 8.50. The van der Waals surface area contributed by atoms with E-state index in [1.807, 2.05) is 12.3 Å². The van der Waals surface area contributed by atoms with Gasteiger partial charge in [-0.25, -0.2) is 18.1 Å². The Hall–Kier alpha value is -1.45. The van der Waals surface area contributed by atoms with Crippen molar-refractivity contribution in [1.29, 1.82) is 0 Å². The van der Waals surface area contributed by atoms with Crippen LogP contribution in [0.15, 0.2) is 16.5 Å². The van der Waals surface area contributed by atoms with Crippen LogP contribution in [0.3, 0.4) is 0 Å². The molecule has 0 amide bonds. The van der Waals surface area contributed by atoms with E-state index in [1.165, 1.54) is 17.5 Å². The number of hydrogen-bond acceptors (Lipinski definition) is 6. The van der Waals surface area contributed by atoms with E-state index >= 15 is 0 Å². The predicted molar refractivity (Wildman–Crippen MR) is 63.9 cm³/mol. The number of nitrogens with two attached hydrogens (primary N) is 1. The summed E-state index contributed by atoms with van der Waals surface area (Å²) < 4.78 is 26.1. The first-order valence-corrected chi connectivity index (χ1v) is 7.05. The second-order valence-electron chi connectivity index (χ2n) is 3.36. The number of anilines is 1. The molecule has 0 aromatic carbocycles.